The van der Waals surface area contributed by atoms with Crippen LogP contribution in [0.4, 0.5) is 0 Å². The summed E-state index contributed by atoms with van der Waals surface area (Å²) in [6.07, 6.45) is 9.80. The molecule has 2 aromatic carbocycles. The summed E-state index contributed by atoms with van der Waals surface area (Å²) in [5.41, 5.74) is 5.53. The number of nitrogens with zero attached hydrogens (tertiary/aromatic N) is 2. The second-order valence-corrected chi connectivity index (χ2v) is 8.82. The fraction of sp³-hybridized carbons (Fsp3) is 0.533. The summed E-state index contributed by atoms with van der Waals surface area (Å²) in [5, 5.41) is 0. The summed E-state index contributed by atoms with van der Waals surface area (Å²) in [6.45, 7) is 13.7. The second kappa shape index (κ2) is 15.6. The summed E-state index contributed by atoms with van der Waals surface area (Å²) >= 11 is 0. The first-order valence-corrected chi connectivity index (χ1v) is 13.1. The number of hydrogen-bond donors (Lipinski definition) is 0. The van der Waals surface area contributed by atoms with Crippen molar-refractivity contribution in [3.05, 3.63) is 71.8 Å². The summed E-state index contributed by atoms with van der Waals surface area (Å²) in [4.78, 5) is 5.38. The SMILES string of the molecule is CCCCN(CCCC)/C(=C(\c1ccccc1)N(CCCC)CCCC)c1ccccc1. The lowest BCUT2D eigenvalue weighted by molar-refractivity contribution is 0.354. The van der Waals surface area contributed by atoms with Crippen molar-refractivity contribution < 1.29 is 0 Å². The van der Waals surface area contributed by atoms with E-state index in [0.717, 1.165) is 26.2 Å². The molecule has 0 aliphatic rings. The van der Waals surface area contributed by atoms with Crippen LogP contribution in [0.2, 0.25) is 0 Å². The van der Waals surface area contributed by atoms with Crippen molar-refractivity contribution >= 4 is 11.4 Å². The Morgan fingerprint density at radius 1 is 0.469 bits per heavy atom. The maximum absolute atomic E-state index is 2.69. The van der Waals surface area contributed by atoms with Gasteiger partial charge in [0.15, 0.2) is 0 Å². The van der Waals surface area contributed by atoms with E-state index in [2.05, 4.69) is 98.2 Å². The minimum absolute atomic E-state index is 1.12. The Kier molecular flexibility index (Phi) is 12.7. The van der Waals surface area contributed by atoms with E-state index in [-0.39, 0.29) is 0 Å². The van der Waals surface area contributed by atoms with Gasteiger partial charge < -0.3 is 9.80 Å². The topological polar surface area (TPSA) is 6.48 Å². The third kappa shape index (κ3) is 8.04. The van der Waals surface area contributed by atoms with Gasteiger partial charge in [-0.2, -0.15) is 0 Å². The molecule has 0 aliphatic carbocycles. The van der Waals surface area contributed by atoms with Crippen molar-refractivity contribution in [3.8, 4) is 0 Å². The molecule has 0 amide bonds. The highest BCUT2D eigenvalue weighted by atomic mass is 15.2. The highest BCUT2D eigenvalue weighted by Crippen LogP contribution is 2.33. The first kappa shape index (κ1) is 26.0. The van der Waals surface area contributed by atoms with E-state index in [1.54, 1.807) is 0 Å². The molecule has 0 radical (unpaired) electrons. The Balaban J connectivity index is 2.74. The van der Waals surface area contributed by atoms with Gasteiger partial charge in [-0.1, -0.05) is 114 Å². The van der Waals surface area contributed by atoms with Crippen LogP contribution in [0.5, 0.6) is 0 Å². The average molecular weight is 435 g/mol. The zero-order valence-electron chi connectivity index (χ0n) is 21.2. The molecular formula is C30H46N2. The largest absolute Gasteiger partial charge is 0.369 e. The third-order valence-corrected chi connectivity index (χ3v) is 6.08. The standard InChI is InChI=1S/C30H46N2/c1-5-9-23-31(24-10-6-2)29(27-19-15-13-16-20-27)30(28-21-17-14-18-22-28)32(25-11-7-3)26-12-8-4/h13-22H,5-12,23-26H2,1-4H3/b30-29+. The highest BCUT2D eigenvalue weighted by molar-refractivity contribution is 5.89. The molecule has 2 aromatic rings. The van der Waals surface area contributed by atoms with E-state index in [4.69, 9.17) is 0 Å². The third-order valence-electron chi connectivity index (χ3n) is 6.08. The van der Waals surface area contributed by atoms with Gasteiger partial charge in [0.25, 0.3) is 0 Å². The van der Waals surface area contributed by atoms with Crippen LogP contribution in [0, 0.1) is 0 Å². The van der Waals surface area contributed by atoms with Gasteiger partial charge in [-0.15, -0.1) is 0 Å². The first-order valence-electron chi connectivity index (χ1n) is 13.1. The molecule has 0 aliphatic heterocycles. The van der Waals surface area contributed by atoms with Crippen LogP contribution in [0.1, 0.15) is 90.2 Å². The lowest BCUT2D eigenvalue weighted by Crippen LogP contribution is -2.32. The molecule has 0 spiro atoms. The van der Waals surface area contributed by atoms with Crippen LogP contribution in [0.3, 0.4) is 0 Å². The van der Waals surface area contributed by atoms with Crippen molar-refractivity contribution in [2.24, 2.45) is 0 Å². The van der Waals surface area contributed by atoms with E-state index in [1.165, 1.54) is 73.9 Å². The number of benzene rings is 2. The Morgan fingerprint density at radius 3 is 1.00 bits per heavy atom. The molecule has 2 rings (SSSR count). The van der Waals surface area contributed by atoms with Crippen molar-refractivity contribution in [1.29, 1.82) is 0 Å². The Hall–Kier alpha value is -2.22. The summed E-state index contributed by atoms with van der Waals surface area (Å²) in [7, 11) is 0. The second-order valence-electron chi connectivity index (χ2n) is 8.82. The van der Waals surface area contributed by atoms with Gasteiger partial charge in [-0.3, -0.25) is 0 Å². The molecule has 2 heteroatoms. The van der Waals surface area contributed by atoms with Crippen LogP contribution >= 0.6 is 0 Å². The van der Waals surface area contributed by atoms with Gasteiger partial charge in [-0.25, -0.2) is 0 Å². The molecule has 0 heterocycles. The maximum atomic E-state index is 2.69. The van der Waals surface area contributed by atoms with Gasteiger partial charge >= 0.3 is 0 Å². The molecule has 0 saturated heterocycles. The monoisotopic (exact) mass is 434 g/mol. The zero-order chi connectivity index (χ0) is 23.0. The van der Waals surface area contributed by atoms with E-state index < -0.39 is 0 Å². The molecule has 0 bridgehead atoms. The van der Waals surface area contributed by atoms with Crippen molar-refractivity contribution in [1.82, 2.24) is 9.80 Å². The van der Waals surface area contributed by atoms with Gasteiger partial charge in [0, 0.05) is 26.2 Å². The molecule has 0 saturated carbocycles. The highest BCUT2D eigenvalue weighted by Gasteiger charge is 2.22. The Morgan fingerprint density at radius 2 is 0.750 bits per heavy atom. The number of hydrogen-bond acceptors (Lipinski definition) is 2. The van der Waals surface area contributed by atoms with E-state index in [9.17, 15) is 0 Å². The Bertz CT molecular complexity index is 669. The molecule has 0 unspecified atom stereocenters. The zero-order valence-corrected chi connectivity index (χ0v) is 21.2. The smallest absolute Gasteiger partial charge is 0.0683 e. The normalized spacial score (nSPS) is 11.9. The van der Waals surface area contributed by atoms with E-state index in [1.807, 2.05) is 0 Å². The predicted octanol–water partition coefficient (Wildman–Crippen LogP) is 8.32. The minimum atomic E-state index is 1.12. The number of unbranched alkanes of at least 4 members (excludes halogenated alkanes) is 4. The number of rotatable bonds is 16. The molecular weight excluding hydrogens is 388 g/mol. The van der Waals surface area contributed by atoms with Crippen molar-refractivity contribution in [2.75, 3.05) is 26.2 Å². The summed E-state index contributed by atoms with van der Waals surface area (Å²) in [5.74, 6) is 0. The first-order chi connectivity index (χ1) is 15.8. The van der Waals surface area contributed by atoms with Gasteiger partial charge in [0.2, 0.25) is 0 Å². The van der Waals surface area contributed by atoms with Crippen LogP contribution in [-0.4, -0.2) is 36.0 Å². The van der Waals surface area contributed by atoms with E-state index >= 15 is 0 Å². The van der Waals surface area contributed by atoms with Crippen LogP contribution in [0.25, 0.3) is 11.4 Å². The molecule has 0 fully saturated rings. The van der Waals surface area contributed by atoms with E-state index in [0.29, 0.717) is 0 Å². The van der Waals surface area contributed by atoms with Gasteiger partial charge in [-0.05, 0) is 36.8 Å². The predicted molar refractivity (Wildman–Crippen MR) is 142 cm³/mol. The molecule has 0 N–H and O–H groups in total. The van der Waals surface area contributed by atoms with Crippen LogP contribution < -0.4 is 0 Å². The summed E-state index contributed by atoms with van der Waals surface area (Å²) in [6, 6.07) is 22.3. The van der Waals surface area contributed by atoms with Crippen molar-refractivity contribution in [3.63, 3.8) is 0 Å². The molecule has 2 nitrogen and oxygen atoms in total. The molecule has 0 aromatic heterocycles. The lowest BCUT2D eigenvalue weighted by Gasteiger charge is -2.36. The molecule has 176 valence electrons. The molecule has 32 heavy (non-hydrogen) atoms. The Labute approximate surface area is 198 Å². The fourth-order valence-corrected chi connectivity index (χ4v) is 4.20. The minimum Gasteiger partial charge on any atom is -0.369 e. The van der Waals surface area contributed by atoms with Crippen LogP contribution in [0.15, 0.2) is 60.7 Å². The maximum Gasteiger partial charge on any atom is 0.0683 e. The quantitative estimate of drug-likeness (QED) is 0.245. The lowest BCUT2D eigenvalue weighted by atomic mass is 10.0. The van der Waals surface area contributed by atoms with Crippen molar-refractivity contribution in [2.45, 2.75) is 79.1 Å². The fourth-order valence-electron chi connectivity index (χ4n) is 4.20. The molecule has 0 atom stereocenters. The van der Waals surface area contributed by atoms with Gasteiger partial charge in [0.05, 0.1) is 11.4 Å². The van der Waals surface area contributed by atoms with Crippen LogP contribution in [-0.2, 0) is 0 Å². The average Bonchev–Trinajstić information content (AvgIpc) is 2.85. The van der Waals surface area contributed by atoms with Gasteiger partial charge in [0.1, 0.15) is 0 Å². The summed E-state index contributed by atoms with van der Waals surface area (Å²) < 4.78 is 0.